The molecule has 0 fully saturated rings. The first-order valence-electron chi connectivity index (χ1n) is 9.36. The number of nitrogens with one attached hydrogen (secondary N) is 2. The number of nitrogens with zero attached hydrogens (tertiary/aromatic N) is 1. The Labute approximate surface area is 198 Å². The molecule has 0 aromatic heterocycles. The van der Waals surface area contributed by atoms with Crippen LogP contribution < -0.4 is 29.6 Å². The van der Waals surface area contributed by atoms with Crippen LogP contribution in [0.2, 0.25) is 0 Å². The third-order valence-electron chi connectivity index (χ3n) is 4.14. The molecule has 2 aromatic rings. The Morgan fingerprint density at radius 1 is 0.968 bits per heavy atom. The van der Waals surface area contributed by atoms with E-state index in [0.717, 1.165) is 5.56 Å². The molecule has 0 aliphatic rings. The first kappa shape index (κ1) is 26.5. The molecule has 0 heterocycles. The van der Waals surface area contributed by atoms with Gasteiger partial charge >= 0.3 is 6.61 Å². The Morgan fingerprint density at radius 2 is 1.68 bits per heavy atom. The fraction of sp³-hybridized carbons (Fsp3) is 0.381. The smallest absolute Gasteiger partial charge is 0.387 e. The molecule has 0 radical (unpaired) electrons. The van der Waals surface area contributed by atoms with Crippen LogP contribution in [0.4, 0.5) is 8.78 Å². The number of methoxy groups -OCH3 is 2. The average Bonchev–Trinajstić information content (AvgIpc) is 2.75. The van der Waals surface area contributed by atoms with Gasteiger partial charge in [0.1, 0.15) is 11.5 Å². The maximum Gasteiger partial charge on any atom is 0.387 e. The predicted octanol–water partition coefficient (Wildman–Crippen LogP) is 4.19. The zero-order chi connectivity index (χ0) is 21.9. The van der Waals surface area contributed by atoms with Crippen molar-refractivity contribution in [2.45, 2.75) is 26.6 Å². The van der Waals surface area contributed by atoms with Crippen LogP contribution in [-0.2, 0) is 13.1 Å². The average molecular weight is 551 g/mol. The summed E-state index contributed by atoms with van der Waals surface area (Å²) in [6.45, 7) is 0.229. The van der Waals surface area contributed by atoms with Crippen molar-refractivity contribution in [2.24, 2.45) is 4.99 Å². The number of rotatable bonds is 10. The lowest BCUT2D eigenvalue weighted by molar-refractivity contribution is -0.0505. The topological polar surface area (TPSA) is 73.3 Å². The Hall–Kier alpha value is -2.50. The number of hydrogen-bond acceptors (Lipinski definition) is 5. The van der Waals surface area contributed by atoms with E-state index >= 15 is 0 Å². The summed E-state index contributed by atoms with van der Waals surface area (Å²) in [6, 6.07) is 10.3. The van der Waals surface area contributed by atoms with Gasteiger partial charge in [0.25, 0.3) is 0 Å². The normalized spacial score (nSPS) is 10.9. The van der Waals surface area contributed by atoms with E-state index in [4.69, 9.17) is 14.2 Å². The molecule has 7 nitrogen and oxygen atoms in total. The highest BCUT2D eigenvalue weighted by Crippen LogP contribution is 2.28. The second-order valence-electron chi connectivity index (χ2n) is 6.05. The van der Waals surface area contributed by atoms with Gasteiger partial charge in [0.05, 0.1) is 20.8 Å². The van der Waals surface area contributed by atoms with Crippen LogP contribution in [0.25, 0.3) is 0 Å². The Morgan fingerprint density at radius 3 is 2.29 bits per heavy atom. The van der Waals surface area contributed by atoms with Gasteiger partial charge in [-0.2, -0.15) is 8.78 Å². The maximum absolute atomic E-state index is 12.7. The molecule has 172 valence electrons. The van der Waals surface area contributed by atoms with Gasteiger partial charge in [0.2, 0.25) is 0 Å². The summed E-state index contributed by atoms with van der Waals surface area (Å²) >= 11 is 0. The molecule has 31 heavy (non-hydrogen) atoms. The van der Waals surface area contributed by atoms with Crippen molar-refractivity contribution < 1.29 is 27.7 Å². The third-order valence-corrected chi connectivity index (χ3v) is 4.14. The number of benzene rings is 2. The number of halogens is 3. The first-order chi connectivity index (χ1) is 14.5. The lowest BCUT2D eigenvalue weighted by Gasteiger charge is -2.16. The number of aliphatic imine (C=N–C) groups is 1. The van der Waals surface area contributed by atoms with Crippen LogP contribution in [0.5, 0.6) is 23.0 Å². The molecule has 0 bridgehead atoms. The minimum atomic E-state index is -2.91. The fourth-order valence-electron chi connectivity index (χ4n) is 2.71. The standard InChI is InChI=1S/C21H27F2N3O4.HI/c1-5-29-18-8-6-14(10-19(18)28-4)12-25-21(24-2)26-13-15-11-16(27-3)7-9-17(15)30-20(22)23;/h6-11,20H,5,12-13H2,1-4H3,(H2,24,25,26);1H. The largest absolute Gasteiger partial charge is 0.497 e. The molecule has 0 aliphatic carbocycles. The van der Waals surface area contributed by atoms with E-state index in [1.165, 1.54) is 13.2 Å². The van der Waals surface area contributed by atoms with Crippen molar-refractivity contribution in [2.75, 3.05) is 27.9 Å². The summed E-state index contributed by atoms with van der Waals surface area (Å²) in [6.07, 6.45) is 0. The molecular weight excluding hydrogens is 523 g/mol. The van der Waals surface area contributed by atoms with Gasteiger partial charge in [-0.1, -0.05) is 6.07 Å². The molecule has 0 unspecified atom stereocenters. The van der Waals surface area contributed by atoms with Crippen LogP contribution in [0.3, 0.4) is 0 Å². The van der Waals surface area contributed by atoms with Crippen molar-refractivity contribution >= 4 is 29.9 Å². The minimum absolute atomic E-state index is 0. The van der Waals surface area contributed by atoms with Gasteiger partial charge in [0, 0.05) is 25.7 Å². The van der Waals surface area contributed by atoms with E-state index in [1.807, 2.05) is 25.1 Å². The van der Waals surface area contributed by atoms with Crippen molar-refractivity contribution in [3.63, 3.8) is 0 Å². The van der Waals surface area contributed by atoms with Crippen LogP contribution in [0.1, 0.15) is 18.1 Å². The zero-order valence-corrected chi connectivity index (χ0v) is 20.2. The van der Waals surface area contributed by atoms with Gasteiger partial charge in [-0.25, -0.2) is 0 Å². The Balaban J connectivity index is 0.00000480. The van der Waals surface area contributed by atoms with E-state index in [9.17, 15) is 8.78 Å². The maximum atomic E-state index is 12.7. The molecule has 0 aliphatic heterocycles. The van der Waals surface area contributed by atoms with Crippen molar-refractivity contribution in [3.8, 4) is 23.0 Å². The number of alkyl halides is 2. The van der Waals surface area contributed by atoms with E-state index in [-0.39, 0.29) is 36.3 Å². The van der Waals surface area contributed by atoms with Gasteiger partial charge in [-0.05, 0) is 42.8 Å². The SMILES string of the molecule is CCOc1ccc(CNC(=NC)NCc2cc(OC)ccc2OC(F)F)cc1OC.I. The molecule has 2 rings (SSSR count). The van der Waals surface area contributed by atoms with Crippen molar-refractivity contribution in [1.82, 2.24) is 10.6 Å². The number of ether oxygens (including phenoxy) is 4. The molecule has 2 aromatic carbocycles. The highest BCUT2D eigenvalue weighted by molar-refractivity contribution is 14.0. The fourth-order valence-corrected chi connectivity index (χ4v) is 2.71. The number of guanidine groups is 1. The lowest BCUT2D eigenvalue weighted by atomic mass is 10.2. The van der Waals surface area contributed by atoms with Crippen LogP contribution in [0.15, 0.2) is 41.4 Å². The predicted molar refractivity (Wildman–Crippen MR) is 126 cm³/mol. The van der Waals surface area contributed by atoms with Crippen LogP contribution in [-0.4, -0.2) is 40.4 Å². The Kier molecular flexibility index (Phi) is 11.8. The summed E-state index contributed by atoms with van der Waals surface area (Å²) in [5.74, 6) is 2.43. The molecular formula is C21H28F2IN3O4. The highest BCUT2D eigenvalue weighted by Gasteiger charge is 2.12. The van der Waals surface area contributed by atoms with Crippen LogP contribution in [0, 0.1) is 0 Å². The summed E-state index contributed by atoms with van der Waals surface area (Å²) in [7, 11) is 4.71. The van der Waals surface area contributed by atoms with Gasteiger partial charge in [0.15, 0.2) is 17.5 Å². The zero-order valence-electron chi connectivity index (χ0n) is 17.9. The van der Waals surface area contributed by atoms with E-state index < -0.39 is 6.61 Å². The number of hydrogen-bond donors (Lipinski definition) is 2. The molecule has 0 amide bonds. The monoisotopic (exact) mass is 551 g/mol. The molecule has 10 heteroatoms. The molecule has 0 saturated heterocycles. The van der Waals surface area contributed by atoms with E-state index in [2.05, 4.69) is 20.4 Å². The quantitative estimate of drug-likeness (QED) is 0.262. The molecule has 2 N–H and O–H groups in total. The molecule has 0 saturated carbocycles. The summed E-state index contributed by atoms with van der Waals surface area (Å²) in [4.78, 5) is 4.16. The minimum Gasteiger partial charge on any atom is -0.497 e. The van der Waals surface area contributed by atoms with Crippen molar-refractivity contribution in [3.05, 3.63) is 47.5 Å². The summed E-state index contributed by atoms with van der Waals surface area (Å²) in [5.41, 5.74) is 1.47. The second kappa shape index (κ2) is 13.7. The summed E-state index contributed by atoms with van der Waals surface area (Å²) in [5, 5.41) is 6.25. The summed E-state index contributed by atoms with van der Waals surface area (Å²) < 4.78 is 46.0. The van der Waals surface area contributed by atoms with Gasteiger partial charge in [-0.3, -0.25) is 4.99 Å². The Bertz CT molecular complexity index is 853. The lowest BCUT2D eigenvalue weighted by Crippen LogP contribution is -2.36. The van der Waals surface area contributed by atoms with E-state index in [0.29, 0.717) is 41.9 Å². The molecule has 0 spiro atoms. The first-order valence-corrected chi connectivity index (χ1v) is 9.36. The highest BCUT2D eigenvalue weighted by atomic mass is 127. The van der Waals surface area contributed by atoms with Crippen molar-refractivity contribution in [1.29, 1.82) is 0 Å². The van der Waals surface area contributed by atoms with Gasteiger partial charge in [-0.15, -0.1) is 24.0 Å². The third kappa shape index (κ3) is 8.27. The van der Waals surface area contributed by atoms with Gasteiger partial charge < -0.3 is 29.6 Å². The van der Waals surface area contributed by atoms with Crippen LogP contribution >= 0.6 is 24.0 Å². The molecule has 0 atom stereocenters. The van der Waals surface area contributed by atoms with E-state index in [1.54, 1.807) is 26.3 Å². The second-order valence-corrected chi connectivity index (χ2v) is 6.05.